The lowest BCUT2D eigenvalue weighted by Crippen LogP contribution is -2.46. The average Bonchev–Trinajstić information content (AvgIpc) is 2.29. The number of esters is 1. The quantitative estimate of drug-likeness (QED) is 0.687. The van der Waals surface area contributed by atoms with Crippen molar-refractivity contribution >= 4 is 5.97 Å². The van der Waals surface area contributed by atoms with E-state index in [4.69, 9.17) is 4.74 Å². The molecule has 5 atom stereocenters. The van der Waals surface area contributed by atoms with E-state index < -0.39 is 0 Å². The van der Waals surface area contributed by atoms with Crippen molar-refractivity contribution in [1.82, 2.24) is 0 Å². The van der Waals surface area contributed by atoms with Gasteiger partial charge in [-0.05, 0) is 55.8 Å². The molecule has 3 saturated carbocycles. The summed E-state index contributed by atoms with van der Waals surface area (Å²) < 4.78 is 5.75. The van der Waals surface area contributed by atoms with E-state index in [0.717, 1.165) is 24.2 Å². The van der Waals surface area contributed by atoms with Gasteiger partial charge in [0.05, 0.1) is 5.92 Å². The zero-order chi connectivity index (χ0) is 12.0. The van der Waals surface area contributed by atoms with Crippen LogP contribution >= 0.6 is 0 Å². The number of rotatable bonds is 2. The van der Waals surface area contributed by atoms with Gasteiger partial charge in [-0.1, -0.05) is 20.3 Å². The largest absolute Gasteiger partial charge is 0.462 e. The molecule has 5 unspecified atom stereocenters. The van der Waals surface area contributed by atoms with E-state index in [2.05, 4.69) is 0 Å². The normalized spacial score (nSPS) is 43.8. The Hall–Kier alpha value is -0.530. The monoisotopic (exact) mass is 236 g/mol. The second-order valence-corrected chi connectivity index (χ2v) is 6.80. The third kappa shape index (κ3) is 2.11. The molecule has 2 heteroatoms. The molecule has 0 aromatic heterocycles. The van der Waals surface area contributed by atoms with Crippen LogP contribution in [0, 0.1) is 29.6 Å². The van der Waals surface area contributed by atoms with Crippen LogP contribution in [0.1, 0.15) is 52.4 Å². The molecule has 0 N–H and O–H groups in total. The molecule has 0 saturated heterocycles. The first-order valence-corrected chi connectivity index (χ1v) is 7.34. The third-order valence-electron chi connectivity index (χ3n) is 5.29. The van der Waals surface area contributed by atoms with Crippen LogP contribution in [0.2, 0.25) is 0 Å². The molecule has 3 aliphatic rings. The number of fused-ring (bicyclic) bond motifs is 2. The molecule has 0 amide bonds. The second-order valence-electron chi connectivity index (χ2n) is 6.80. The highest BCUT2D eigenvalue weighted by Gasteiger charge is 2.46. The van der Waals surface area contributed by atoms with Gasteiger partial charge in [0.25, 0.3) is 0 Å². The van der Waals surface area contributed by atoms with Gasteiger partial charge in [-0.25, -0.2) is 0 Å². The molecular formula is C15H24O2. The third-order valence-corrected chi connectivity index (χ3v) is 5.29. The summed E-state index contributed by atoms with van der Waals surface area (Å²) in [6, 6.07) is 0. The summed E-state index contributed by atoms with van der Waals surface area (Å²) in [5.41, 5.74) is 0. The standard InChI is InChI=1S/C15H24O2/c1-9(2)15(16)17-14-8-11-4-3-10-5-12(11)7-13(14)6-10/h9-14H,3-8H2,1-2H3. The van der Waals surface area contributed by atoms with Crippen molar-refractivity contribution in [2.45, 2.75) is 58.5 Å². The first-order chi connectivity index (χ1) is 8.13. The Bertz CT molecular complexity index is 308. The van der Waals surface area contributed by atoms with Crippen LogP contribution in [0.5, 0.6) is 0 Å². The van der Waals surface area contributed by atoms with E-state index in [1.807, 2.05) is 13.8 Å². The van der Waals surface area contributed by atoms with Gasteiger partial charge >= 0.3 is 5.97 Å². The SMILES string of the molecule is CC(C)C(=O)OC1CC2CCC3CC2CC1C3. The van der Waals surface area contributed by atoms with Crippen molar-refractivity contribution in [3.8, 4) is 0 Å². The van der Waals surface area contributed by atoms with Crippen LogP contribution in [0.25, 0.3) is 0 Å². The number of hydrogen-bond donors (Lipinski definition) is 0. The number of ether oxygens (including phenoxy) is 1. The first-order valence-electron chi connectivity index (χ1n) is 7.34. The highest BCUT2D eigenvalue weighted by atomic mass is 16.5. The Balaban J connectivity index is 1.69. The lowest BCUT2D eigenvalue weighted by Gasteiger charge is -2.51. The summed E-state index contributed by atoms with van der Waals surface area (Å²) in [7, 11) is 0. The predicted octanol–water partition coefficient (Wildman–Crippen LogP) is 3.40. The molecule has 0 heterocycles. The molecule has 3 fully saturated rings. The summed E-state index contributed by atoms with van der Waals surface area (Å²) in [4.78, 5) is 11.8. The fourth-order valence-corrected chi connectivity index (χ4v) is 4.37. The molecular weight excluding hydrogens is 212 g/mol. The summed E-state index contributed by atoms with van der Waals surface area (Å²) >= 11 is 0. The fraction of sp³-hybridized carbons (Fsp3) is 0.933. The number of hydrogen-bond acceptors (Lipinski definition) is 2. The van der Waals surface area contributed by atoms with E-state index in [0.29, 0.717) is 5.92 Å². The minimum absolute atomic E-state index is 0.00916. The summed E-state index contributed by atoms with van der Waals surface area (Å²) in [5, 5.41) is 0. The summed E-state index contributed by atoms with van der Waals surface area (Å²) in [6.45, 7) is 3.86. The molecule has 0 aliphatic heterocycles. The highest BCUT2D eigenvalue weighted by molar-refractivity contribution is 5.71. The van der Waals surface area contributed by atoms with E-state index in [-0.39, 0.29) is 18.0 Å². The Kier molecular flexibility index (Phi) is 2.92. The maximum atomic E-state index is 11.8. The van der Waals surface area contributed by atoms with Crippen LogP contribution in [0.3, 0.4) is 0 Å². The molecule has 3 bridgehead atoms. The zero-order valence-corrected chi connectivity index (χ0v) is 11.0. The molecule has 0 spiro atoms. The van der Waals surface area contributed by atoms with Gasteiger partial charge in [-0.3, -0.25) is 4.79 Å². The minimum Gasteiger partial charge on any atom is -0.462 e. The molecule has 2 nitrogen and oxygen atoms in total. The number of carbonyl (C=O) groups is 1. The zero-order valence-electron chi connectivity index (χ0n) is 11.0. The molecule has 0 aromatic carbocycles. The Labute approximate surface area is 104 Å². The molecule has 3 rings (SSSR count). The predicted molar refractivity (Wildman–Crippen MR) is 66.4 cm³/mol. The molecule has 17 heavy (non-hydrogen) atoms. The van der Waals surface area contributed by atoms with E-state index in [1.165, 1.54) is 32.1 Å². The lowest BCUT2D eigenvalue weighted by atomic mass is 9.57. The lowest BCUT2D eigenvalue weighted by molar-refractivity contribution is -0.164. The summed E-state index contributed by atoms with van der Waals surface area (Å²) in [6.07, 6.45) is 8.33. The fourth-order valence-electron chi connectivity index (χ4n) is 4.37. The number of carbonyl (C=O) groups excluding carboxylic acids is 1. The average molecular weight is 236 g/mol. The topological polar surface area (TPSA) is 26.3 Å². The van der Waals surface area contributed by atoms with E-state index >= 15 is 0 Å². The van der Waals surface area contributed by atoms with E-state index in [1.54, 1.807) is 0 Å². The van der Waals surface area contributed by atoms with Gasteiger partial charge in [0.2, 0.25) is 0 Å². The van der Waals surface area contributed by atoms with Gasteiger partial charge in [-0.15, -0.1) is 0 Å². The van der Waals surface area contributed by atoms with Gasteiger partial charge in [0.1, 0.15) is 6.10 Å². The van der Waals surface area contributed by atoms with Crippen molar-refractivity contribution in [2.75, 3.05) is 0 Å². The van der Waals surface area contributed by atoms with Crippen molar-refractivity contribution in [3.63, 3.8) is 0 Å². The van der Waals surface area contributed by atoms with Crippen LogP contribution < -0.4 is 0 Å². The van der Waals surface area contributed by atoms with Gasteiger partial charge < -0.3 is 4.74 Å². The molecule has 0 radical (unpaired) electrons. The Morgan fingerprint density at radius 3 is 2.53 bits per heavy atom. The van der Waals surface area contributed by atoms with Gasteiger partial charge in [-0.2, -0.15) is 0 Å². The minimum atomic E-state index is 0.00916. The maximum absolute atomic E-state index is 11.8. The highest BCUT2D eigenvalue weighted by Crippen LogP contribution is 2.53. The van der Waals surface area contributed by atoms with Crippen molar-refractivity contribution in [1.29, 1.82) is 0 Å². The Morgan fingerprint density at radius 1 is 1.00 bits per heavy atom. The molecule has 96 valence electrons. The van der Waals surface area contributed by atoms with Crippen LogP contribution in [0.15, 0.2) is 0 Å². The smallest absolute Gasteiger partial charge is 0.308 e. The maximum Gasteiger partial charge on any atom is 0.308 e. The van der Waals surface area contributed by atoms with Gasteiger partial charge in [0.15, 0.2) is 0 Å². The first kappa shape index (κ1) is 11.6. The summed E-state index contributed by atoms with van der Waals surface area (Å²) in [5.74, 6) is 3.46. The van der Waals surface area contributed by atoms with Crippen LogP contribution in [-0.4, -0.2) is 12.1 Å². The van der Waals surface area contributed by atoms with Crippen LogP contribution in [-0.2, 0) is 9.53 Å². The van der Waals surface area contributed by atoms with Gasteiger partial charge in [0, 0.05) is 0 Å². The molecule has 0 aromatic rings. The van der Waals surface area contributed by atoms with Crippen molar-refractivity contribution in [2.24, 2.45) is 29.6 Å². The van der Waals surface area contributed by atoms with E-state index in [9.17, 15) is 4.79 Å². The molecule has 3 aliphatic carbocycles. The van der Waals surface area contributed by atoms with Crippen molar-refractivity contribution < 1.29 is 9.53 Å². The van der Waals surface area contributed by atoms with Crippen LogP contribution in [0.4, 0.5) is 0 Å². The Morgan fingerprint density at radius 2 is 1.76 bits per heavy atom. The second kappa shape index (κ2) is 4.29. The van der Waals surface area contributed by atoms with Crippen molar-refractivity contribution in [3.05, 3.63) is 0 Å².